The summed E-state index contributed by atoms with van der Waals surface area (Å²) in [6.07, 6.45) is 3.66. The van der Waals surface area contributed by atoms with Gasteiger partial charge >= 0.3 is 0 Å². The molecule has 0 fully saturated rings. The van der Waals surface area contributed by atoms with Crippen LogP contribution in [0.3, 0.4) is 0 Å². The fraction of sp³-hybridized carbons (Fsp3) is 0.214. The average molecular weight is 228 g/mol. The Balaban J connectivity index is 2.67. The van der Waals surface area contributed by atoms with Crippen molar-refractivity contribution in [2.45, 2.75) is 13.5 Å². The van der Waals surface area contributed by atoms with Gasteiger partial charge in [-0.25, -0.2) is 0 Å². The molecular weight excluding hydrogens is 212 g/mol. The Morgan fingerprint density at radius 2 is 2.00 bits per heavy atom. The van der Waals surface area contributed by atoms with Crippen molar-refractivity contribution in [2.24, 2.45) is 5.73 Å². The van der Waals surface area contributed by atoms with Gasteiger partial charge in [0.2, 0.25) is 0 Å². The third-order valence-electron chi connectivity index (χ3n) is 2.81. The van der Waals surface area contributed by atoms with Crippen LogP contribution in [0, 0.1) is 6.92 Å². The Morgan fingerprint density at radius 3 is 2.71 bits per heavy atom. The SMILES string of the molecule is COc1ccccc1-c1c(C)cncc1CN. The maximum absolute atomic E-state index is 5.77. The van der Waals surface area contributed by atoms with Crippen LogP contribution in [0.15, 0.2) is 36.7 Å². The molecule has 0 radical (unpaired) electrons. The summed E-state index contributed by atoms with van der Waals surface area (Å²) in [5.74, 6) is 0.858. The average Bonchev–Trinajstić information content (AvgIpc) is 2.38. The van der Waals surface area contributed by atoms with Crippen LogP contribution < -0.4 is 10.5 Å². The number of aromatic nitrogens is 1. The van der Waals surface area contributed by atoms with Gasteiger partial charge in [-0.15, -0.1) is 0 Å². The molecule has 3 nitrogen and oxygen atoms in total. The number of ether oxygens (including phenoxy) is 1. The van der Waals surface area contributed by atoms with Crippen LogP contribution in [0.1, 0.15) is 11.1 Å². The zero-order valence-corrected chi connectivity index (χ0v) is 10.1. The molecule has 0 aliphatic carbocycles. The van der Waals surface area contributed by atoms with Crippen LogP contribution >= 0.6 is 0 Å². The molecule has 0 unspecified atom stereocenters. The fourth-order valence-corrected chi connectivity index (χ4v) is 2.01. The van der Waals surface area contributed by atoms with E-state index in [1.54, 1.807) is 7.11 Å². The van der Waals surface area contributed by atoms with E-state index < -0.39 is 0 Å². The van der Waals surface area contributed by atoms with Crippen molar-refractivity contribution in [2.75, 3.05) is 7.11 Å². The van der Waals surface area contributed by atoms with Gasteiger partial charge in [0.25, 0.3) is 0 Å². The first-order valence-corrected chi connectivity index (χ1v) is 5.55. The van der Waals surface area contributed by atoms with Crippen molar-refractivity contribution in [3.8, 4) is 16.9 Å². The number of nitrogens with two attached hydrogens (primary N) is 1. The molecule has 1 aromatic carbocycles. The van der Waals surface area contributed by atoms with Gasteiger partial charge < -0.3 is 10.5 Å². The summed E-state index contributed by atoms with van der Waals surface area (Å²) in [6, 6.07) is 7.95. The second-order valence-corrected chi connectivity index (χ2v) is 3.89. The first kappa shape index (κ1) is 11.6. The second kappa shape index (κ2) is 4.97. The summed E-state index contributed by atoms with van der Waals surface area (Å²) in [7, 11) is 1.68. The monoisotopic (exact) mass is 228 g/mol. The molecular formula is C14H16N2O. The van der Waals surface area contributed by atoms with E-state index in [2.05, 4.69) is 4.98 Å². The number of pyridine rings is 1. The smallest absolute Gasteiger partial charge is 0.126 e. The molecule has 2 rings (SSSR count). The number of para-hydroxylation sites is 1. The number of rotatable bonds is 3. The third kappa shape index (κ3) is 2.15. The maximum atomic E-state index is 5.77. The summed E-state index contributed by atoms with van der Waals surface area (Å²) in [6.45, 7) is 2.51. The number of hydrogen-bond donors (Lipinski definition) is 1. The van der Waals surface area contributed by atoms with E-state index in [9.17, 15) is 0 Å². The van der Waals surface area contributed by atoms with Crippen molar-refractivity contribution in [1.82, 2.24) is 4.98 Å². The lowest BCUT2D eigenvalue weighted by Crippen LogP contribution is -2.02. The zero-order chi connectivity index (χ0) is 12.3. The Kier molecular flexibility index (Phi) is 3.40. The zero-order valence-electron chi connectivity index (χ0n) is 10.1. The lowest BCUT2D eigenvalue weighted by molar-refractivity contribution is 0.416. The van der Waals surface area contributed by atoms with Crippen LogP contribution in [0.25, 0.3) is 11.1 Å². The molecule has 0 saturated heterocycles. The molecule has 1 heterocycles. The number of nitrogens with zero attached hydrogens (tertiary/aromatic N) is 1. The molecule has 2 N–H and O–H groups in total. The first-order valence-electron chi connectivity index (χ1n) is 5.55. The number of hydrogen-bond acceptors (Lipinski definition) is 3. The third-order valence-corrected chi connectivity index (χ3v) is 2.81. The van der Waals surface area contributed by atoms with Gasteiger partial charge in [0.1, 0.15) is 5.75 Å². The maximum Gasteiger partial charge on any atom is 0.126 e. The molecule has 2 aromatic rings. The van der Waals surface area contributed by atoms with Gasteiger partial charge in [0.15, 0.2) is 0 Å². The predicted molar refractivity (Wildman–Crippen MR) is 68.9 cm³/mol. The Morgan fingerprint density at radius 1 is 1.24 bits per heavy atom. The van der Waals surface area contributed by atoms with E-state index in [4.69, 9.17) is 10.5 Å². The molecule has 0 atom stereocenters. The molecule has 0 spiro atoms. The topological polar surface area (TPSA) is 48.1 Å². The van der Waals surface area contributed by atoms with Crippen molar-refractivity contribution in [3.05, 3.63) is 47.8 Å². The number of methoxy groups -OCH3 is 1. The van der Waals surface area contributed by atoms with Gasteiger partial charge in [0, 0.05) is 24.5 Å². The van der Waals surface area contributed by atoms with Gasteiger partial charge in [-0.2, -0.15) is 0 Å². The van der Waals surface area contributed by atoms with Crippen LogP contribution in [0.5, 0.6) is 5.75 Å². The van der Waals surface area contributed by atoms with E-state index in [-0.39, 0.29) is 0 Å². The summed E-state index contributed by atoms with van der Waals surface area (Å²) >= 11 is 0. The highest BCUT2D eigenvalue weighted by atomic mass is 16.5. The van der Waals surface area contributed by atoms with Gasteiger partial charge in [0.05, 0.1) is 7.11 Å². The van der Waals surface area contributed by atoms with Crippen molar-refractivity contribution >= 4 is 0 Å². The van der Waals surface area contributed by atoms with Crippen molar-refractivity contribution in [1.29, 1.82) is 0 Å². The molecule has 0 amide bonds. The lowest BCUT2D eigenvalue weighted by atomic mass is 9.96. The van der Waals surface area contributed by atoms with Gasteiger partial charge in [-0.3, -0.25) is 4.98 Å². The number of aryl methyl sites for hydroxylation is 1. The summed E-state index contributed by atoms with van der Waals surface area (Å²) in [5, 5.41) is 0. The number of benzene rings is 1. The van der Waals surface area contributed by atoms with E-state index >= 15 is 0 Å². The predicted octanol–water partition coefficient (Wildman–Crippen LogP) is 2.52. The normalized spacial score (nSPS) is 10.3. The molecule has 0 aliphatic rings. The largest absolute Gasteiger partial charge is 0.496 e. The van der Waals surface area contributed by atoms with E-state index in [0.29, 0.717) is 6.54 Å². The summed E-state index contributed by atoms with van der Waals surface area (Å²) < 4.78 is 5.39. The van der Waals surface area contributed by atoms with Crippen LogP contribution in [-0.2, 0) is 6.54 Å². The molecule has 0 saturated carbocycles. The van der Waals surface area contributed by atoms with Gasteiger partial charge in [-0.05, 0) is 29.7 Å². The standard InChI is InChI=1S/C14H16N2O/c1-10-8-16-9-11(7-15)14(10)12-5-3-4-6-13(12)17-2/h3-6,8-9H,7,15H2,1-2H3. The molecule has 0 aliphatic heterocycles. The molecule has 0 bridgehead atoms. The Labute approximate surface area is 101 Å². The lowest BCUT2D eigenvalue weighted by Gasteiger charge is -2.14. The first-order chi connectivity index (χ1) is 8.27. The van der Waals surface area contributed by atoms with Crippen molar-refractivity contribution < 1.29 is 4.74 Å². The summed E-state index contributed by atoms with van der Waals surface area (Å²) in [4.78, 5) is 4.18. The van der Waals surface area contributed by atoms with E-state index in [1.807, 2.05) is 43.6 Å². The molecule has 17 heavy (non-hydrogen) atoms. The minimum absolute atomic E-state index is 0.474. The minimum atomic E-state index is 0.474. The van der Waals surface area contributed by atoms with Gasteiger partial charge in [-0.1, -0.05) is 18.2 Å². The van der Waals surface area contributed by atoms with E-state index in [1.165, 1.54) is 0 Å². The molecule has 3 heteroatoms. The van der Waals surface area contributed by atoms with Crippen LogP contribution in [0.4, 0.5) is 0 Å². The Hall–Kier alpha value is -1.87. The highest BCUT2D eigenvalue weighted by Gasteiger charge is 2.11. The van der Waals surface area contributed by atoms with Crippen LogP contribution in [0.2, 0.25) is 0 Å². The fourth-order valence-electron chi connectivity index (χ4n) is 2.01. The Bertz CT molecular complexity index is 523. The summed E-state index contributed by atoms with van der Waals surface area (Å²) in [5.41, 5.74) is 10.1. The highest BCUT2D eigenvalue weighted by molar-refractivity contribution is 5.75. The van der Waals surface area contributed by atoms with Crippen molar-refractivity contribution in [3.63, 3.8) is 0 Å². The minimum Gasteiger partial charge on any atom is -0.496 e. The quantitative estimate of drug-likeness (QED) is 0.878. The second-order valence-electron chi connectivity index (χ2n) is 3.89. The molecule has 88 valence electrons. The molecule has 1 aromatic heterocycles. The highest BCUT2D eigenvalue weighted by Crippen LogP contribution is 2.33. The van der Waals surface area contributed by atoms with E-state index in [0.717, 1.165) is 28.0 Å². The van der Waals surface area contributed by atoms with Crippen LogP contribution in [-0.4, -0.2) is 12.1 Å².